The molecule has 0 unspecified atom stereocenters. The molecule has 0 aliphatic carbocycles. The van der Waals surface area contributed by atoms with Crippen LogP contribution in [0.25, 0.3) is 21.7 Å². The first kappa shape index (κ1) is 18.4. The molecule has 144 valence electrons. The summed E-state index contributed by atoms with van der Waals surface area (Å²) < 4.78 is 10.8. The summed E-state index contributed by atoms with van der Waals surface area (Å²) in [6.07, 6.45) is 0. The van der Waals surface area contributed by atoms with Gasteiger partial charge in [0.25, 0.3) is 0 Å². The Labute approximate surface area is 165 Å². The van der Waals surface area contributed by atoms with Gasteiger partial charge >= 0.3 is 11.6 Å². The van der Waals surface area contributed by atoms with Crippen LogP contribution in [0.4, 0.5) is 5.69 Å². The van der Waals surface area contributed by atoms with Crippen molar-refractivity contribution in [2.45, 2.75) is 13.5 Å². The highest BCUT2D eigenvalue weighted by Crippen LogP contribution is 2.28. The average molecular weight is 387 g/mol. The summed E-state index contributed by atoms with van der Waals surface area (Å²) in [7, 11) is 0. The Morgan fingerprint density at radius 3 is 2.66 bits per heavy atom. The highest BCUT2D eigenvalue weighted by Gasteiger charge is 2.13. The predicted octanol–water partition coefficient (Wildman–Crippen LogP) is 4.26. The SMILES string of the molecule is CC(=O)Nc1cccc(C(=O)OCc2cc(=O)oc3ccc4ccccc4c23)c1. The summed E-state index contributed by atoms with van der Waals surface area (Å²) in [6.45, 7) is 1.31. The van der Waals surface area contributed by atoms with Crippen LogP contribution in [-0.4, -0.2) is 11.9 Å². The molecule has 0 aliphatic heterocycles. The van der Waals surface area contributed by atoms with Gasteiger partial charge in [-0.15, -0.1) is 0 Å². The van der Waals surface area contributed by atoms with Crippen LogP contribution in [0.15, 0.2) is 75.9 Å². The molecule has 1 aromatic heterocycles. The Bertz CT molecular complexity index is 1310. The highest BCUT2D eigenvalue weighted by molar-refractivity contribution is 6.07. The van der Waals surface area contributed by atoms with E-state index in [0.717, 1.165) is 16.2 Å². The van der Waals surface area contributed by atoms with Crippen molar-refractivity contribution in [3.63, 3.8) is 0 Å². The summed E-state index contributed by atoms with van der Waals surface area (Å²) in [5.74, 6) is -0.788. The number of hydrogen-bond donors (Lipinski definition) is 1. The molecular formula is C23H17NO5. The Hall–Kier alpha value is -3.93. The minimum Gasteiger partial charge on any atom is -0.457 e. The molecule has 3 aromatic carbocycles. The molecule has 4 rings (SSSR count). The van der Waals surface area contributed by atoms with E-state index in [1.54, 1.807) is 24.3 Å². The number of esters is 1. The zero-order valence-corrected chi connectivity index (χ0v) is 15.6. The van der Waals surface area contributed by atoms with Crippen LogP contribution < -0.4 is 10.9 Å². The minimum absolute atomic E-state index is 0.0840. The molecule has 6 heteroatoms. The van der Waals surface area contributed by atoms with Gasteiger partial charge in [-0.25, -0.2) is 9.59 Å². The van der Waals surface area contributed by atoms with Crippen molar-refractivity contribution in [2.24, 2.45) is 0 Å². The number of ether oxygens (including phenoxy) is 1. The largest absolute Gasteiger partial charge is 0.457 e. The van der Waals surface area contributed by atoms with Crippen molar-refractivity contribution in [2.75, 3.05) is 5.32 Å². The van der Waals surface area contributed by atoms with E-state index in [2.05, 4.69) is 5.32 Å². The lowest BCUT2D eigenvalue weighted by molar-refractivity contribution is -0.114. The molecule has 0 aliphatic rings. The van der Waals surface area contributed by atoms with Crippen molar-refractivity contribution in [1.82, 2.24) is 0 Å². The lowest BCUT2D eigenvalue weighted by atomic mass is 10.0. The van der Waals surface area contributed by atoms with Crippen molar-refractivity contribution in [1.29, 1.82) is 0 Å². The first-order chi connectivity index (χ1) is 14.0. The van der Waals surface area contributed by atoms with Gasteiger partial charge in [0.05, 0.1) is 5.56 Å². The lowest BCUT2D eigenvalue weighted by Gasteiger charge is -2.10. The third-order valence-electron chi connectivity index (χ3n) is 4.49. The lowest BCUT2D eigenvalue weighted by Crippen LogP contribution is -2.10. The van der Waals surface area contributed by atoms with E-state index in [1.165, 1.54) is 19.1 Å². The molecule has 0 fully saturated rings. The minimum atomic E-state index is -0.557. The number of nitrogens with one attached hydrogen (secondary N) is 1. The molecule has 1 heterocycles. The fourth-order valence-electron chi connectivity index (χ4n) is 3.29. The van der Waals surface area contributed by atoms with Crippen molar-refractivity contribution >= 4 is 39.3 Å². The van der Waals surface area contributed by atoms with Crippen LogP contribution >= 0.6 is 0 Å². The summed E-state index contributed by atoms with van der Waals surface area (Å²) in [5.41, 5.74) is 1.30. The summed E-state index contributed by atoms with van der Waals surface area (Å²) in [5, 5.41) is 5.26. The first-order valence-corrected chi connectivity index (χ1v) is 9.00. The Balaban J connectivity index is 1.66. The van der Waals surface area contributed by atoms with Gasteiger partial charge in [-0.1, -0.05) is 36.4 Å². The van der Waals surface area contributed by atoms with Crippen LogP contribution in [0, 0.1) is 0 Å². The smallest absolute Gasteiger partial charge is 0.338 e. The quantitative estimate of drug-likeness (QED) is 0.321. The molecule has 1 amide bonds. The highest BCUT2D eigenvalue weighted by atomic mass is 16.5. The number of rotatable bonds is 4. The molecule has 0 bridgehead atoms. The molecule has 4 aromatic rings. The number of benzene rings is 3. The van der Waals surface area contributed by atoms with Crippen LogP contribution in [0.2, 0.25) is 0 Å². The number of carbonyl (C=O) groups is 2. The van der Waals surface area contributed by atoms with Crippen LogP contribution in [-0.2, 0) is 16.1 Å². The van der Waals surface area contributed by atoms with Crippen LogP contribution in [0.5, 0.6) is 0 Å². The van der Waals surface area contributed by atoms with Gasteiger partial charge in [0.2, 0.25) is 5.91 Å². The molecule has 0 saturated carbocycles. The maximum Gasteiger partial charge on any atom is 0.338 e. The molecule has 1 N–H and O–H groups in total. The van der Waals surface area contributed by atoms with E-state index in [0.29, 0.717) is 22.4 Å². The van der Waals surface area contributed by atoms with Crippen LogP contribution in [0.3, 0.4) is 0 Å². The molecule has 6 nitrogen and oxygen atoms in total. The number of carbonyl (C=O) groups excluding carboxylic acids is 2. The van der Waals surface area contributed by atoms with E-state index >= 15 is 0 Å². The van der Waals surface area contributed by atoms with E-state index < -0.39 is 11.6 Å². The summed E-state index contributed by atoms with van der Waals surface area (Å²) in [6, 6.07) is 19.1. The van der Waals surface area contributed by atoms with Gasteiger partial charge < -0.3 is 14.5 Å². The van der Waals surface area contributed by atoms with Gasteiger partial charge in [-0.05, 0) is 35.0 Å². The second kappa shape index (κ2) is 7.59. The normalized spacial score (nSPS) is 10.8. The van der Waals surface area contributed by atoms with Gasteiger partial charge in [0, 0.05) is 29.6 Å². The Morgan fingerprint density at radius 2 is 1.83 bits per heavy atom. The zero-order chi connectivity index (χ0) is 20.4. The standard InChI is InChI=1S/C23H17NO5/c1-14(25)24-18-7-4-6-16(11-18)23(27)28-13-17-12-21(26)29-20-10-9-15-5-2-3-8-19(15)22(17)20/h2-12H,13H2,1H3,(H,24,25). The third-order valence-corrected chi connectivity index (χ3v) is 4.49. The molecule has 29 heavy (non-hydrogen) atoms. The van der Waals surface area contributed by atoms with Gasteiger partial charge in [0.1, 0.15) is 12.2 Å². The van der Waals surface area contributed by atoms with E-state index in [4.69, 9.17) is 9.15 Å². The van der Waals surface area contributed by atoms with Crippen molar-refractivity contribution in [3.8, 4) is 0 Å². The van der Waals surface area contributed by atoms with Crippen LogP contribution in [0.1, 0.15) is 22.8 Å². The maximum atomic E-state index is 12.5. The van der Waals surface area contributed by atoms with Crippen molar-refractivity contribution in [3.05, 3.63) is 88.3 Å². The van der Waals surface area contributed by atoms with Gasteiger partial charge in [0.15, 0.2) is 0 Å². The summed E-state index contributed by atoms with van der Waals surface area (Å²) in [4.78, 5) is 35.7. The van der Waals surface area contributed by atoms with Crippen molar-refractivity contribution < 1.29 is 18.7 Å². The maximum absolute atomic E-state index is 12.5. The predicted molar refractivity (Wildman–Crippen MR) is 110 cm³/mol. The number of fused-ring (bicyclic) bond motifs is 3. The number of anilines is 1. The molecule has 0 spiro atoms. The Morgan fingerprint density at radius 1 is 1.00 bits per heavy atom. The van der Waals surface area contributed by atoms with Gasteiger partial charge in [-0.3, -0.25) is 4.79 Å². The summed E-state index contributed by atoms with van der Waals surface area (Å²) >= 11 is 0. The fourth-order valence-corrected chi connectivity index (χ4v) is 3.29. The Kier molecular flexibility index (Phi) is 4.83. The first-order valence-electron chi connectivity index (χ1n) is 9.00. The molecule has 0 radical (unpaired) electrons. The third kappa shape index (κ3) is 3.87. The topological polar surface area (TPSA) is 85.6 Å². The monoisotopic (exact) mass is 387 g/mol. The number of amides is 1. The fraction of sp³-hybridized carbons (Fsp3) is 0.0870. The van der Waals surface area contributed by atoms with E-state index in [1.807, 2.05) is 30.3 Å². The van der Waals surface area contributed by atoms with E-state index in [9.17, 15) is 14.4 Å². The second-order valence-electron chi connectivity index (χ2n) is 6.59. The van der Waals surface area contributed by atoms with Gasteiger partial charge in [-0.2, -0.15) is 0 Å². The van der Waals surface area contributed by atoms with E-state index in [-0.39, 0.29) is 12.5 Å². The molecule has 0 saturated heterocycles. The zero-order valence-electron chi connectivity index (χ0n) is 15.6. The second-order valence-corrected chi connectivity index (χ2v) is 6.59. The molecule has 0 atom stereocenters. The number of hydrogen-bond acceptors (Lipinski definition) is 5. The molecular weight excluding hydrogens is 370 g/mol. The average Bonchev–Trinajstić information content (AvgIpc) is 2.71.